The van der Waals surface area contributed by atoms with Crippen LogP contribution < -0.4 is 16.4 Å². The number of para-hydroxylation sites is 1. The molecule has 0 bridgehead atoms. The van der Waals surface area contributed by atoms with E-state index in [-0.39, 0.29) is 12.0 Å². The monoisotopic (exact) mass is 513 g/mol. The third-order valence-corrected chi connectivity index (χ3v) is 7.15. The van der Waals surface area contributed by atoms with E-state index in [4.69, 9.17) is 31.2 Å². The lowest BCUT2D eigenvalue weighted by Crippen LogP contribution is -2.50. The molecule has 2 aromatic heterocycles. The molecule has 0 spiro atoms. The lowest BCUT2D eigenvalue weighted by molar-refractivity contribution is -0.142. The number of nitrogens with two attached hydrogens (primary N) is 2. The third kappa shape index (κ3) is 4.99. The minimum absolute atomic E-state index is 0.328. The fourth-order valence-electron chi connectivity index (χ4n) is 5.26. The number of methoxy groups -OCH3 is 1. The van der Waals surface area contributed by atoms with Crippen LogP contribution in [0.2, 0.25) is 0 Å². The van der Waals surface area contributed by atoms with Crippen molar-refractivity contribution in [2.45, 2.75) is 51.1 Å². The predicted octanol–water partition coefficient (Wildman–Crippen LogP) is 3.14. The van der Waals surface area contributed by atoms with Crippen molar-refractivity contribution in [2.24, 2.45) is 11.5 Å². The Balaban J connectivity index is 1.74. The van der Waals surface area contributed by atoms with Crippen molar-refractivity contribution in [3.8, 4) is 0 Å². The van der Waals surface area contributed by atoms with Crippen molar-refractivity contribution in [3.05, 3.63) is 82.6 Å². The number of nitrogens with zero attached hydrogens (tertiary/aromatic N) is 4. The molecular formula is C29H35N7O2. The number of hydrogen-bond acceptors (Lipinski definition) is 8. The first kappa shape index (κ1) is 25.8. The Morgan fingerprint density at radius 2 is 1.66 bits per heavy atom. The molecule has 38 heavy (non-hydrogen) atoms. The number of rotatable bonds is 9. The zero-order chi connectivity index (χ0) is 26.6. The molecule has 0 aliphatic carbocycles. The number of aromatic amines is 1. The molecule has 1 aliphatic rings. The fourth-order valence-corrected chi connectivity index (χ4v) is 5.26. The van der Waals surface area contributed by atoms with Crippen LogP contribution in [0, 0.1) is 6.92 Å². The molecule has 9 heteroatoms. The average molecular weight is 514 g/mol. The summed E-state index contributed by atoms with van der Waals surface area (Å²) < 4.78 is 5.34. The second kappa shape index (κ2) is 11.3. The van der Waals surface area contributed by atoms with Crippen LogP contribution in [0.1, 0.15) is 52.9 Å². The van der Waals surface area contributed by atoms with E-state index < -0.39 is 6.04 Å². The van der Waals surface area contributed by atoms with Gasteiger partial charge in [0.15, 0.2) is 0 Å². The Hall–Kier alpha value is -3.82. The zero-order valence-electron chi connectivity index (χ0n) is 22.0. The van der Waals surface area contributed by atoms with Gasteiger partial charge in [0.05, 0.1) is 13.2 Å². The van der Waals surface area contributed by atoms with Gasteiger partial charge in [-0.25, -0.2) is 9.78 Å². The molecule has 5 N–H and O–H groups in total. The van der Waals surface area contributed by atoms with Gasteiger partial charge in [0, 0.05) is 35.9 Å². The number of nitrogens with one attached hydrogen (secondary N) is 1. The molecule has 0 saturated heterocycles. The Labute approximate surface area is 222 Å². The molecular weight excluding hydrogens is 478 g/mol. The van der Waals surface area contributed by atoms with Gasteiger partial charge in [-0.05, 0) is 50.0 Å². The molecule has 2 atom stereocenters. The fraction of sp³-hybridized carbons (Fsp3) is 0.379. The van der Waals surface area contributed by atoms with E-state index in [1.54, 1.807) is 0 Å². The molecule has 4 aromatic rings. The highest BCUT2D eigenvalue weighted by atomic mass is 16.5. The van der Waals surface area contributed by atoms with Crippen LogP contribution in [-0.2, 0) is 28.8 Å². The number of H-pyrrole nitrogens is 1. The molecule has 3 heterocycles. The number of aromatic nitrogens is 4. The molecule has 0 saturated carbocycles. The maximum absolute atomic E-state index is 13.4. The first-order valence-electron chi connectivity index (χ1n) is 13.2. The second-order valence-electron chi connectivity index (χ2n) is 9.78. The number of benzene rings is 2. The van der Waals surface area contributed by atoms with Crippen molar-refractivity contribution >= 4 is 22.8 Å². The summed E-state index contributed by atoms with van der Waals surface area (Å²) in [5.41, 5.74) is 16.9. The van der Waals surface area contributed by atoms with Gasteiger partial charge in [-0.15, -0.1) is 0 Å². The van der Waals surface area contributed by atoms with E-state index in [9.17, 15) is 4.79 Å². The van der Waals surface area contributed by atoms with Gasteiger partial charge in [0.25, 0.3) is 0 Å². The van der Waals surface area contributed by atoms with Crippen LogP contribution >= 0.6 is 0 Å². The number of fused-ring (bicyclic) bond motifs is 3. The van der Waals surface area contributed by atoms with E-state index in [2.05, 4.69) is 48.3 Å². The van der Waals surface area contributed by atoms with E-state index in [0.717, 1.165) is 46.1 Å². The summed E-state index contributed by atoms with van der Waals surface area (Å²) >= 11 is 0. The number of hydrogen-bond donors (Lipinski definition) is 3. The summed E-state index contributed by atoms with van der Waals surface area (Å²) in [5.74, 6) is 1.47. The van der Waals surface area contributed by atoms with Gasteiger partial charge in [-0.1, -0.05) is 48.0 Å². The number of carbonyl (C=O) groups excluding carboxylic acids is 1. The molecule has 0 radical (unpaired) electrons. The first-order chi connectivity index (χ1) is 18.5. The van der Waals surface area contributed by atoms with Gasteiger partial charge < -0.3 is 26.1 Å². The topological polar surface area (TPSA) is 136 Å². The van der Waals surface area contributed by atoms with E-state index in [1.807, 2.05) is 17.0 Å². The van der Waals surface area contributed by atoms with Crippen LogP contribution in [0.25, 0.3) is 10.9 Å². The van der Waals surface area contributed by atoms with Gasteiger partial charge >= 0.3 is 5.97 Å². The van der Waals surface area contributed by atoms with Crippen LogP contribution in [-0.4, -0.2) is 52.1 Å². The van der Waals surface area contributed by atoms with Gasteiger partial charge in [-0.3, -0.25) is 0 Å². The molecule has 1 aliphatic heterocycles. The lowest BCUT2D eigenvalue weighted by atomic mass is 9.88. The normalized spacial score (nSPS) is 17.0. The number of aryl methyl sites for hydroxylation is 3. The van der Waals surface area contributed by atoms with E-state index in [0.29, 0.717) is 49.9 Å². The summed E-state index contributed by atoms with van der Waals surface area (Å²) in [6.45, 7) is 3.14. The van der Waals surface area contributed by atoms with Crippen molar-refractivity contribution in [2.75, 3.05) is 25.1 Å². The molecule has 0 fully saturated rings. The van der Waals surface area contributed by atoms with Crippen molar-refractivity contribution in [1.29, 1.82) is 0 Å². The summed E-state index contributed by atoms with van der Waals surface area (Å²) in [5, 5.41) is 1.11. The molecule has 2 aromatic carbocycles. The molecule has 198 valence electrons. The summed E-state index contributed by atoms with van der Waals surface area (Å²) in [7, 11) is 1.43. The van der Waals surface area contributed by atoms with Crippen LogP contribution in [0.4, 0.5) is 5.95 Å². The first-order valence-corrected chi connectivity index (χ1v) is 13.2. The lowest BCUT2D eigenvalue weighted by Gasteiger charge is -2.41. The highest BCUT2D eigenvalue weighted by molar-refractivity contribution is 5.89. The van der Waals surface area contributed by atoms with Crippen LogP contribution in [0.5, 0.6) is 0 Å². The SMILES string of the molecule is COC(=O)[C@H]1Cc2c([nH]c3ccccc23)[C@H](c2ccc(C)cc2)N1c1nc(CCCN)nc(CCCN)n1. The maximum atomic E-state index is 13.4. The molecule has 5 rings (SSSR count). The number of ether oxygens (including phenoxy) is 1. The Morgan fingerprint density at radius 1 is 1.00 bits per heavy atom. The molecule has 0 amide bonds. The summed E-state index contributed by atoms with van der Waals surface area (Å²) in [4.78, 5) is 33.5. The maximum Gasteiger partial charge on any atom is 0.328 e. The Morgan fingerprint density at radius 3 is 2.29 bits per heavy atom. The summed E-state index contributed by atoms with van der Waals surface area (Å²) in [6, 6.07) is 15.6. The summed E-state index contributed by atoms with van der Waals surface area (Å²) in [6.07, 6.45) is 3.24. The van der Waals surface area contributed by atoms with Crippen molar-refractivity contribution < 1.29 is 9.53 Å². The third-order valence-electron chi connectivity index (χ3n) is 7.15. The quantitative estimate of drug-likeness (QED) is 0.291. The van der Waals surface area contributed by atoms with Crippen LogP contribution in [0.15, 0.2) is 48.5 Å². The second-order valence-corrected chi connectivity index (χ2v) is 9.78. The smallest absolute Gasteiger partial charge is 0.328 e. The number of anilines is 1. The van der Waals surface area contributed by atoms with Crippen molar-refractivity contribution in [1.82, 2.24) is 19.9 Å². The zero-order valence-corrected chi connectivity index (χ0v) is 22.0. The number of esters is 1. The van der Waals surface area contributed by atoms with E-state index in [1.165, 1.54) is 7.11 Å². The molecule has 0 unspecified atom stereocenters. The van der Waals surface area contributed by atoms with Gasteiger partial charge in [-0.2, -0.15) is 9.97 Å². The predicted molar refractivity (Wildman–Crippen MR) is 148 cm³/mol. The van der Waals surface area contributed by atoms with Crippen molar-refractivity contribution in [3.63, 3.8) is 0 Å². The van der Waals surface area contributed by atoms with Gasteiger partial charge in [0.1, 0.15) is 17.7 Å². The average Bonchev–Trinajstić information content (AvgIpc) is 3.32. The minimum Gasteiger partial charge on any atom is -0.467 e. The largest absolute Gasteiger partial charge is 0.467 e. The van der Waals surface area contributed by atoms with Gasteiger partial charge in [0.2, 0.25) is 5.95 Å². The Kier molecular flexibility index (Phi) is 7.67. The molecule has 9 nitrogen and oxygen atoms in total. The highest BCUT2D eigenvalue weighted by Crippen LogP contribution is 2.42. The standard InChI is InChI=1S/C29H35N7O2/c1-18-11-13-19(14-12-18)27-26-21(20-7-3-4-8-22(20)32-26)17-23(28(37)38-2)36(27)29-34-24(9-5-15-30)33-25(35-29)10-6-16-31/h3-4,7-8,11-14,23,27,32H,5-6,9-10,15-17,30-31H2,1-2H3/t23-,27+/m1/s1. The van der Waals surface area contributed by atoms with E-state index >= 15 is 0 Å². The van der Waals surface area contributed by atoms with Crippen LogP contribution in [0.3, 0.4) is 0 Å². The Bertz CT molecular complexity index is 1390. The minimum atomic E-state index is -0.620. The highest BCUT2D eigenvalue weighted by Gasteiger charge is 2.43. The number of carbonyl (C=O) groups is 1.